The van der Waals surface area contributed by atoms with Crippen molar-refractivity contribution in [1.82, 2.24) is 10.6 Å². The molecule has 0 radical (unpaired) electrons. The number of amides is 2. The molecule has 0 aliphatic heterocycles. The topological polar surface area (TPSA) is 93.7 Å². The molecule has 0 aromatic heterocycles. The van der Waals surface area contributed by atoms with Crippen molar-refractivity contribution in [1.29, 1.82) is 0 Å². The highest BCUT2D eigenvalue weighted by Crippen LogP contribution is 2.25. The van der Waals surface area contributed by atoms with E-state index in [1.807, 2.05) is 20.1 Å². The van der Waals surface area contributed by atoms with Crippen molar-refractivity contribution in [2.75, 3.05) is 26.5 Å². The third-order valence-electron chi connectivity index (χ3n) is 2.86. The average molecular weight is 354 g/mol. The minimum absolute atomic E-state index is 0.0102. The second kappa shape index (κ2) is 9.82. The van der Waals surface area contributed by atoms with Gasteiger partial charge in [-0.05, 0) is 38.3 Å². The van der Waals surface area contributed by atoms with E-state index in [-0.39, 0.29) is 24.1 Å². The maximum absolute atomic E-state index is 12.0. The smallest absolute Gasteiger partial charge is 0.342 e. The molecule has 1 aromatic carbocycles. The van der Waals surface area contributed by atoms with Gasteiger partial charge in [-0.15, -0.1) is 11.8 Å². The minimum Gasteiger partial charge on any atom is -0.496 e. The van der Waals surface area contributed by atoms with Crippen LogP contribution in [0.25, 0.3) is 0 Å². The average Bonchev–Trinajstić information content (AvgIpc) is 2.56. The Bertz CT molecular complexity index is 604. The first-order chi connectivity index (χ1) is 11.4. The van der Waals surface area contributed by atoms with Gasteiger partial charge in [0.05, 0.1) is 13.7 Å². The highest BCUT2D eigenvalue weighted by atomic mass is 32.2. The van der Waals surface area contributed by atoms with Crippen LogP contribution >= 0.6 is 11.8 Å². The molecule has 0 heterocycles. The highest BCUT2D eigenvalue weighted by Gasteiger charge is 2.16. The second-order valence-corrected chi connectivity index (χ2v) is 6.02. The van der Waals surface area contributed by atoms with Gasteiger partial charge in [-0.2, -0.15) is 0 Å². The number of ether oxygens (including phenoxy) is 2. The summed E-state index contributed by atoms with van der Waals surface area (Å²) >= 11 is 1.52. The number of methoxy groups -OCH3 is 1. The normalized spacial score (nSPS) is 10.2. The van der Waals surface area contributed by atoms with Gasteiger partial charge in [0, 0.05) is 10.9 Å². The van der Waals surface area contributed by atoms with Gasteiger partial charge in [0.25, 0.3) is 5.91 Å². The van der Waals surface area contributed by atoms with Gasteiger partial charge in [0.1, 0.15) is 11.3 Å². The van der Waals surface area contributed by atoms with Gasteiger partial charge in [-0.1, -0.05) is 0 Å². The molecule has 24 heavy (non-hydrogen) atoms. The second-order valence-electron chi connectivity index (χ2n) is 5.14. The third-order valence-corrected chi connectivity index (χ3v) is 3.58. The summed E-state index contributed by atoms with van der Waals surface area (Å²) < 4.78 is 10.1. The number of carbonyl (C=O) groups excluding carboxylic acids is 3. The van der Waals surface area contributed by atoms with E-state index < -0.39 is 18.5 Å². The fraction of sp³-hybridized carbons (Fsp3) is 0.438. The van der Waals surface area contributed by atoms with E-state index in [2.05, 4.69) is 10.6 Å². The number of hydrogen-bond acceptors (Lipinski definition) is 6. The largest absolute Gasteiger partial charge is 0.496 e. The minimum atomic E-state index is -0.665. The van der Waals surface area contributed by atoms with Gasteiger partial charge in [0.2, 0.25) is 5.91 Å². The Morgan fingerprint density at radius 2 is 1.92 bits per heavy atom. The van der Waals surface area contributed by atoms with Crippen LogP contribution < -0.4 is 15.4 Å². The van der Waals surface area contributed by atoms with Crippen LogP contribution in [-0.4, -0.2) is 50.3 Å². The maximum Gasteiger partial charge on any atom is 0.342 e. The van der Waals surface area contributed by atoms with Crippen molar-refractivity contribution in [3.63, 3.8) is 0 Å². The Labute approximate surface area is 145 Å². The van der Waals surface area contributed by atoms with Crippen LogP contribution in [0, 0.1) is 0 Å². The predicted octanol–water partition coefficient (Wildman–Crippen LogP) is 1.21. The fourth-order valence-electron chi connectivity index (χ4n) is 1.78. The summed E-state index contributed by atoms with van der Waals surface area (Å²) in [6.07, 6.45) is 1.91. The molecule has 0 saturated heterocycles. The lowest BCUT2D eigenvalue weighted by Crippen LogP contribution is -2.41. The number of thioether (sulfide) groups is 1. The molecule has 0 saturated carbocycles. The van der Waals surface area contributed by atoms with E-state index in [4.69, 9.17) is 9.47 Å². The van der Waals surface area contributed by atoms with Crippen LogP contribution in [-0.2, 0) is 14.3 Å². The number of hydrogen-bond donors (Lipinski definition) is 2. The molecule has 0 spiro atoms. The summed E-state index contributed by atoms with van der Waals surface area (Å²) in [5, 5.41) is 5.01. The van der Waals surface area contributed by atoms with Crippen molar-refractivity contribution in [2.45, 2.75) is 24.8 Å². The van der Waals surface area contributed by atoms with Crippen molar-refractivity contribution in [2.24, 2.45) is 0 Å². The zero-order chi connectivity index (χ0) is 18.1. The molecule has 132 valence electrons. The molecular formula is C16H22N2O5S. The number of esters is 1. The number of rotatable bonds is 8. The highest BCUT2D eigenvalue weighted by molar-refractivity contribution is 7.98. The maximum atomic E-state index is 12.0. The quantitative estimate of drug-likeness (QED) is 0.538. The molecule has 8 heteroatoms. The van der Waals surface area contributed by atoms with Crippen molar-refractivity contribution < 1.29 is 23.9 Å². The summed E-state index contributed by atoms with van der Waals surface area (Å²) in [6.45, 7) is 3.00. The number of carbonyl (C=O) groups is 3. The lowest BCUT2D eigenvalue weighted by Gasteiger charge is -2.11. The summed E-state index contributed by atoms with van der Waals surface area (Å²) in [4.78, 5) is 36.0. The van der Waals surface area contributed by atoms with E-state index >= 15 is 0 Å². The van der Waals surface area contributed by atoms with Gasteiger partial charge < -0.3 is 20.1 Å². The zero-order valence-electron chi connectivity index (χ0n) is 14.2. The monoisotopic (exact) mass is 354 g/mol. The molecule has 1 aromatic rings. The Balaban J connectivity index is 2.51. The first-order valence-electron chi connectivity index (χ1n) is 7.32. The van der Waals surface area contributed by atoms with Crippen LogP contribution in [0.4, 0.5) is 0 Å². The Kier molecular flexibility index (Phi) is 8.11. The van der Waals surface area contributed by atoms with Gasteiger partial charge in [0.15, 0.2) is 6.61 Å². The van der Waals surface area contributed by atoms with Gasteiger partial charge in [-0.3, -0.25) is 9.59 Å². The van der Waals surface area contributed by atoms with E-state index in [0.717, 1.165) is 4.90 Å². The SMILES string of the molecule is COc1cc(SC)ccc1C(=O)OCC(=O)NCC(=O)NC(C)C. The zero-order valence-corrected chi connectivity index (χ0v) is 15.0. The third kappa shape index (κ3) is 6.49. The van der Waals surface area contributed by atoms with Crippen LogP contribution in [0.5, 0.6) is 5.75 Å². The van der Waals surface area contributed by atoms with E-state index in [1.54, 1.807) is 18.2 Å². The Morgan fingerprint density at radius 3 is 2.50 bits per heavy atom. The first-order valence-corrected chi connectivity index (χ1v) is 8.55. The summed E-state index contributed by atoms with van der Waals surface area (Å²) in [5.41, 5.74) is 0.237. The Hall–Kier alpha value is -2.22. The van der Waals surface area contributed by atoms with Gasteiger partial charge in [-0.25, -0.2) is 4.79 Å². The van der Waals surface area contributed by atoms with E-state index in [9.17, 15) is 14.4 Å². The standard InChI is InChI=1S/C16H22N2O5S/c1-10(2)18-14(19)8-17-15(20)9-23-16(21)12-6-5-11(24-4)7-13(12)22-3/h5-7,10H,8-9H2,1-4H3,(H,17,20)(H,18,19). The van der Waals surface area contributed by atoms with Crippen molar-refractivity contribution in [3.05, 3.63) is 23.8 Å². The van der Waals surface area contributed by atoms with Crippen LogP contribution in [0.15, 0.2) is 23.1 Å². The first kappa shape index (κ1) is 19.8. The molecule has 1 rings (SSSR count). The fourth-order valence-corrected chi connectivity index (χ4v) is 2.21. The lowest BCUT2D eigenvalue weighted by atomic mass is 10.2. The molecule has 7 nitrogen and oxygen atoms in total. The van der Waals surface area contributed by atoms with Gasteiger partial charge >= 0.3 is 5.97 Å². The molecule has 0 bridgehead atoms. The van der Waals surface area contributed by atoms with Crippen molar-refractivity contribution >= 4 is 29.5 Å². The predicted molar refractivity (Wildman–Crippen MR) is 91.3 cm³/mol. The molecule has 0 aliphatic rings. The molecule has 0 fully saturated rings. The molecular weight excluding hydrogens is 332 g/mol. The molecule has 2 amide bonds. The summed E-state index contributed by atoms with van der Waals surface area (Å²) in [6, 6.07) is 5.06. The van der Waals surface area contributed by atoms with Crippen LogP contribution in [0.2, 0.25) is 0 Å². The van der Waals surface area contributed by atoms with Crippen molar-refractivity contribution in [3.8, 4) is 5.75 Å². The van der Waals surface area contributed by atoms with Crippen LogP contribution in [0.3, 0.4) is 0 Å². The molecule has 2 N–H and O–H groups in total. The van der Waals surface area contributed by atoms with Crippen LogP contribution in [0.1, 0.15) is 24.2 Å². The number of benzene rings is 1. The molecule has 0 atom stereocenters. The van der Waals surface area contributed by atoms with E-state index in [0.29, 0.717) is 5.75 Å². The molecule has 0 aliphatic carbocycles. The molecule has 0 unspecified atom stereocenters. The lowest BCUT2D eigenvalue weighted by molar-refractivity contribution is -0.128. The van der Waals surface area contributed by atoms with E-state index in [1.165, 1.54) is 18.9 Å². The number of nitrogens with one attached hydrogen (secondary N) is 2. The summed E-state index contributed by atoms with van der Waals surface area (Å²) in [7, 11) is 1.45. The Morgan fingerprint density at radius 1 is 1.21 bits per heavy atom. The summed E-state index contributed by atoms with van der Waals surface area (Å²) in [5.74, 6) is -1.15.